The second-order valence-electron chi connectivity index (χ2n) is 24.3. The van der Waals surface area contributed by atoms with Gasteiger partial charge in [0, 0.05) is 88.6 Å². The highest BCUT2D eigenvalue weighted by Gasteiger charge is 2.30. The Bertz CT molecular complexity index is 1740. The van der Waals surface area contributed by atoms with Gasteiger partial charge in [0.05, 0.1) is 12.5 Å². The van der Waals surface area contributed by atoms with E-state index in [-0.39, 0.29) is 133 Å². The molecule has 0 aliphatic heterocycles. The van der Waals surface area contributed by atoms with Crippen LogP contribution in [0.5, 0.6) is 0 Å². The third kappa shape index (κ3) is 34.8. The smallest absolute Gasteiger partial charge is 0.315 e. The van der Waals surface area contributed by atoms with E-state index in [0.29, 0.717) is 64.0 Å². The van der Waals surface area contributed by atoms with Gasteiger partial charge in [0.1, 0.15) is 23.0 Å². The number of ether oxygens (including phenoxy) is 1. The summed E-state index contributed by atoms with van der Waals surface area (Å²) in [6.45, 7) is 33.6. The van der Waals surface area contributed by atoms with Crippen LogP contribution in [0.2, 0.25) is 0 Å². The second kappa shape index (κ2) is 36.4. The van der Waals surface area contributed by atoms with Gasteiger partial charge in [-0.15, -0.1) is 0 Å². The first kappa shape index (κ1) is 69.4. The minimum Gasteiger partial charge on any atom is -0.460 e. The first-order valence-corrected chi connectivity index (χ1v) is 28.0. The number of Topliss-reactive ketones (excluding diaryl/α,β-unsaturated/α-hetero) is 4. The van der Waals surface area contributed by atoms with E-state index in [9.17, 15) is 43.2 Å². The Labute approximate surface area is 447 Å². The van der Waals surface area contributed by atoms with Crippen LogP contribution in [-0.4, -0.2) is 103 Å². The predicted molar refractivity (Wildman–Crippen MR) is 294 cm³/mol. The Morgan fingerprint density at radius 3 is 1.58 bits per heavy atom. The number of nitrogens with one attached hydrogen (secondary N) is 7. The fraction of sp³-hybridized carbons (Fsp3) is 0.842. The second-order valence-corrected chi connectivity index (χ2v) is 24.3. The molecule has 0 spiro atoms. The van der Waals surface area contributed by atoms with Crippen LogP contribution in [-0.2, 0) is 33.5 Å². The Hall–Kier alpha value is -4.57. The van der Waals surface area contributed by atoms with E-state index in [4.69, 9.17) is 4.74 Å². The van der Waals surface area contributed by atoms with Crippen LogP contribution in [0, 0.1) is 53.3 Å². The fourth-order valence-corrected chi connectivity index (χ4v) is 8.75. The molecule has 0 aromatic carbocycles. The molecule has 0 rings (SSSR count). The van der Waals surface area contributed by atoms with E-state index in [1.54, 1.807) is 27.7 Å². The number of carbonyl (C=O) groups is 9. The number of esters is 1. The van der Waals surface area contributed by atoms with E-state index in [1.165, 1.54) is 0 Å². The molecule has 0 bridgehead atoms. The molecule has 7 N–H and O–H groups in total. The van der Waals surface area contributed by atoms with Crippen LogP contribution >= 0.6 is 0 Å². The Balaban J connectivity index is 5.10. The van der Waals surface area contributed by atoms with Crippen molar-refractivity contribution in [3.8, 4) is 0 Å². The molecule has 0 radical (unpaired) electrons. The van der Waals surface area contributed by atoms with Crippen molar-refractivity contribution in [2.24, 2.45) is 53.3 Å². The number of hydrogen-bond donors (Lipinski definition) is 7. The molecular weight excluding hydrogens is 943 g/mol. The van der Waals surface area contributed by atoms with Crippen LogP contribution in [0.25, 0.3) is 0 Å². The Morgan fingerprint density at radius 1 is 0.500 bits per heavy atom. The van der Waals surface area contributed by atoms with Gasteiger partial charge in [-0.3, -0.25) is 28.8 Å². The Kier molecular flexibility index (Phi) is 34.2. The molecule has 8 atom stereocenters. The van der Waals surface area contributed by atoms with Crippen molar-refractivity contribution in [2.75, 3.05) is 19.6 Å². The molecule has 0 heterocycles. The van der Waals surface area contributed by atoms with E-state index in [1.807, 2.05) is 62.3 Å². The van der Waals surface area contributed by atoms with Gasteiger partial charge in [-0.2, -0.15) is 0 Å². The zero-order valence-corrected chi connectivity index (χ0v) is 49.1. The van der Waals surface area contributed by atoms with Gasteiger partial charge in [-0.25, -0.2) is 14.4 Å². The summed E-state index contributed by atoms with van der Waals surface area (Å²) >= 11 is 0. The van der Waals surface area contributed by atoms with Gasteiger partial charge in [-0.1, -0.05) is 90.0 Å². The summed E-state index contributed by atoms with van der Waals surface area (Å²) in [5.41, 5.74) is -0.674. The number of rotatable bonds is 38. The Morgan fingerprint density at radius 2 is 1.03 bits per heavy atom. The SMILES string of the molecule is CCC(=O)CC[C@H](CC(C)C)NC(=O)NC[C@H](C)CC(=O)CC[C@@H](NC(=O)NC[C@@H](CC(=O)CC[C@H](C)NC(=O)NC[C@@H](CC(=O)[C@H](CC(C)C)NC(=O)[C@H](C)CC(=O)OC(C)(C)C)C(C)C)CC(C)C)C(C)C. The minimum absolute atomic E-state index is 0.0339. The van der Waals surface area contributed by atoms with Crippen molar-refractivity contribution >= 4 is 53.1 Å². The molecule has 0 aromatic heterocycles. The highest BCUT2D eigenvalue weighted by molar-refractivity contribution is 5.91. The van der Waals surface area contributed by atoms with Gasteiger partial charge < -0.3 is 42.0 Å². The maximum absolute atomic E-state index is 13.7. The highest BCUT2D eigenvalue weighted by Crippen LogP contribution is 2.21. The standard InChI is InChI=1S/C57H105N7O10/c1-18-46(65)22-20-45(26-36(4)5)62-55(72)58-32-40(12)28-47(66)23-24-49(39(10)11)64-56(73)59-33-43(25-35(2)3)30-48(67)21-19-42(14)61-54(71)60-34-44(38(8)9)31-51(68)50(27-37(6)7)63-53(70)41(13)29-52(69)74-57(15,16)17/h35-45,49-50H,18-34H2,1-17H3,(H,63,70)(H2,58,62,72)(H2,59,64,73)(H2,60,61,71)/t40-,41-,42+,43-,44-,45-,49-,50+/m1/s1. The molecular formula is C57H105N7O10. The van der Waals surface area contributed by atoms with E-state index in [2.05, 4.69) is 64.9 Å². The first-order valence-electron chi connectivity index (χ1n) is 28.0. The van der Waals surface area contributed by atoms with Gasteiger partial charge in [0.2, 0.25) is 5.91 Å². The topological polar surface area (TPSA) is 247 Å². The lowest BCUT2D eigenvalue weighted by Gasteiger charge is -2.26. The zero-order chi connectivity index (χ0) is 56.9. The van der Waals surface area contributed by atoms with Crippen LogP contribution in [0.15, 0.2) is 0 Å². The number of ketones is 4. The number of amides is 7. The molecule has 0 fully saturated rings. The average Bonchev–Trinajstić information content (AvgIpc) is 3.26. The summed E-state index contributed by atoms with van der Waals surface area (Å²) in [4.78, 5) is 116. The summed E-state index contributed by atoms with van der Waals surface area (Å²) in [5, 5.41) is 20.6. The van der Waals surface area contributed by atoms with E-state index < -0.39 is 35.5 Å². The quantitative estimate of drug-likeness (QED) is 0.0289. The van der Waals surface area contributed by atoms with E-state index in [0.717, 1.165) is 12.8 Å². The zero-order valence-electron chi connectivity index (χ0n) is 49.1. The van der Waals surface area contributed by atoms with Gasteiger partial charge in [-0.05, 0) is 114 Å². The molecule has 0 aliphatic rings. The third-order valence-electron chi connectivity index (χ3n) is 13.1. The normalized spacial score (nSPS) is 15.1. The summed E-state index contributed by atoms with van der Waals surface area (Å²) in [6.07, 6.45) is 5.47. The van der Waals surface area contributed by atoms with Gasteiger partial charge in [0.15, 0.2) is 5.78 Å². The molecule has 0 aliphatic carbocycles. The molecule has 7 amide bonds. The van der Waals surface area contributed by atoms with Crippen molar-refractivity contribution in [3.05, 3.63) is 0 Å². The molecule has 17 heteroatoms. The number of hydrogen-bond acceptors (Lipinski definition) is 10. The van der Waals surface area contributed by atoms with Crippen LogP contribution < -0.4 is 37.2 Å². The highest BCUT2D eigenvalue weighted by atomic mass is 16.6. The molecule has 74 heavy (non-hydrogen) atoms. The predicted octanol–water partition coefficient (Wildman–Crippen LogP) is 9.38. The maximum Gasteiger partial charge on any atom is 0.315 e. The maximum atomic E-state index is 13.7. The average molecular weight is 1050 g/mol. The summed E-state index contributed by atoms with van der Waals surface area (Å²) < 4.78 is 5.37. The fourth-order valence-electron chi connectivity index (χ4n) is 8.75. The summed E-state index contributed by atoms with van der Waals surface area (Å²) in [7, 11) is 0. The molecule has 0 aromatic rings. The largest absolute Gasteiger partial charge is 0.460 e. The lowest BCUT2D eigenvalue weighted by atomic mass is 9.87. The van der Waals surface area contributed by atoms with Gasteiger partial charge >= 0.3 is 24.1 Å². The van der Waals surface area contributed by atoms with Crippen LogP contribution in [0.3, 0.4) is 0 Å². The van der Waals surface area contributed by atoms with Crippen molar-refractivity contribution in [3.63, 3.8) is 0 Å². The van der Waals surface area contributed by atoms with Gasteiger partial charge in [0.25, 0.3) is 0 Å². The van der Waals surface area contributed by atoms with E-state index >= 15 is 0 Å². The third-order valence-corrected chi connectivity index (χ3v) is 13.1. The molecule has 0 saturated carbocycles. The van der Waals surface area contributed by atoms with Crippen LogP contribution in [0.4, 0.5) is 14.4 Å². The van der Waals surface area contributed by atoms with Crippen LogP contribution in [0.1, 0.15) is 208 Å². The number of carbonyl (C=O) groups excluding carboxylic acids is 9. The summed E-state index contributed by atoms with van der Waals surface area (Å²) in [6, 6.07) is -2.46. The minimum atomic E-state index is -0.737. The number of urea groups is 3. The molecule has 428 valence electrons. The monoisotopic (exact) mass is 1050 g/mol. The summed E-state index contributed by atoms with van der Waals surface area (Å²) in [5.74, 6) is -0.931. The lowest BCUT2D eigenvalue weighted by Crippen LogP contribution is -2.46. The lowest BCUT2D eigenvalue weighted by molar-refractivity contribution is -0.157. The van der Waals surface area contributed by atoms with Crippen molar-refractivity contribution in [1.82, 2.24) is 37.2 Å². The molecule has 17 nitrogen and oxygen atoms in total. The van der Waals surface area contributed by atoms with Crippen molar-refractivity contribution < 1.29 is 47.9 Å². The van der Waals surface area contributed by atoms with Crippen molar-refractivity contribution in [2.45, 2.75) is 237 Å². The molecule has 0 unspecified atom stereocenters. The van der Waals surface area contributed by atoms with Crippen molar-refractivity contribution in [1.29, 1.82) is 0 Å². The first-order chi connectivity index (χ1) is 34.3. The molecule has 0 saturated heterocycles.